The van der Waals surface area contributed by atoms with Gasteiger partial charge >= 0.3 is 0 Å². The maximum Gasteiger partial charge on any atom is 0.262 e. The Morgan fingerprint density at radius 1 is 1.37 bits per heavy atom. The highest BCUT2D eigenvalue weighted by atomic mass is 32.1. The molecular formula is C23H27N3O3S. The Morgan fingerprint density at radius 3 is 2.93 bits per heavy atom. The molecule has 1 aliphatic rings. The van der Waals surface area contributed by atoms with Crippen molar-refractivity contribution in [1.29, 1.82) is 0 Å². The Balaban J connectivity index is 1.82. The van der Waals surface area contributed by atoms with Gasteiger partial charge in [0.2, 0.25) is 5.91 Å². The van der Waals surface area contributed by atoms with Gasteiger partial charge in [0.15, 0.2) is 0 Å². The fourth-order valence-corrected chi connectivity index (χ4v) is 5.65. The van der Waals surface area contributed by atoms with E-state index in [2.05, 4.69) is 6.92 Å². The number of hydrogen-bond donors (Lipinski definition) is 1. The molecule has 0 saturated carbocycles. The minimum atomic E-state index is -0.356. The third-order valence-electron chi connectivity index (χ3n) is 5.84. The van der Waals surface area contributed by atoms with Crippen LogP contribution in [0.1, 0.15) is 48.0 Å². The summed E-state index contributed by atoms with van der Waals surface area (Å²) in [5, 5.41) is 0.768. The van der Waals surface area contributed by atoms with Crippen LogP contribution >= 0.6 is 11.3 Å². The Morgan fingerprint density at radius 2 is 2.17 bits per heavy atom. The SMILES string of the molecule is COc1ccccc1Cc1nc2sc3c(c2c(=O)n1CCCC(N)=O)CCC(C)C3. The van der Waals surface area contributed by atoms with E-state index in [1.54, 1.807) is 23.0 Å². The summed E-state index contributed by atoms with van der Waals surface area (Å²) in [6.45, 7) is 2.69. The molecule has 7 heteroatoms. The summed E-state index contributed by atoms with van der Waals surface area (Å²) in [6, 6.07) is 7.78. The second-order valence-electron chi connectivity index (χ2n) is 8.08. The van der Waals surface area contributed by atoms with Gasteiger partial charge in [0, 0.05) is 29.8 Å². The van der Waals surface area contributed by atoms with Crippen LogP contribution in [0.3, 0.4) is 0 Å². The summed E-state index contributed by atoms with van der Waals surface area (Å²) in [5.41, 5.74) is 7.47. The third kappa shape index (κ3) is 3.99. The monoisotopic (exact) mass is 425 g/mol. The zero-order valence-corrected chi connectivity index (χ0v) is 18.3. The van der Waals surface area contributed by atoms with E-state index >= 15 is 0 Å². The van der Waals surface area contributed by atoms with E-state index in [0.717, 1.165) is 40.8 Å². The molecule has 30 heavy (non-hydrogen) atoms. The van der Waals surface area contributed by atoms with E-state index in [4.69, 9.17) is 15.5 Å². The van der Waals surface area contributed by atoms with Gasteiger partial charge in [-0.15, -0.1) is 11.3 Å². The number of nitrogens with two attached hydrogens (primary N) is 1. The summed E-state index contributed by atoms with van der Waals surface area (Å²) in [4.78, 5) is 31.9. The van der Waals surface area contributed by atoms with Gasteiger partial charge in [-0.3, -0.25) is 14.2 Å². The number of primary amides is 1. The lowest BCUT2D eigenvalue weighted by atomic mass is 9.89. The molecule has 0 aliphatic heterocycles. The van der Waals surface area contributed by atoms with Gasteiger partial charge in [0.1, 0.15) is 16.4 Å². The molecule has 0 bridgehead atoms. The predicted octanol–water partition coefficient (Wildman–Crippen LogP) is 3.45. The van der Waals surface area contributed by atoms with Gasteiger partial charge in [-0.2, -0.15) is 0 Å². The molecule has 2 aromatic heterocycles. The highest BCUT2D eigenvalue weighted by Gasteiger charge is 2.24. The first-order valence-electron chi connectivity index (χ1n) is 10.4. The summed E-state index contributed by atoms with van der Waals surface area (Å²) >= 11 is 1.66. The van der Waals surface area contributed by atoms with Crippen molar-refractivity contribution in [3.8, 4) is 5.75 Å². The van der Waals surface area contributed by atoms with Crippen LogP contribution in [0.4, 0.5) is 0 Å². The van der Waals surface area contributed by atoms with Crippen molar-refractivity contribution in [2.45, 2.75) is 52.0 Å². The number of para-hydroxylation sites is 1. The van der Waals surface area contributed by atoms with E-state index in [1.165, 1.54) is 10.4 Å². The molecule has 3 aromatic rings. The van der Waals surface area contributed by atoms with Crippen LogP contribution in [0.5, 0.6) is 5.75 Å². The summed E-state index contributed by atoms with van der Waals surface area (Å²) in [7, 11) is 1.64. The maximum atomic E-state index is 13.6. The van der Waals surface area contributed by atoms with Crippen molar-refractivity contribution in [3.05, 3.63) is 56.4 Å². The van der Waals surface area contributed by atoms with E-state index in [0.29, 0.717) is 31.1 Å². The Hall–Kier alpha value is -2.67. The number of rotatable bonds is 7. The number of benzene rings is 1. The number of aromatic nitrogens is 2. The van der Waals surface area contributed by atoms with Crippen LogP contribution in [0.25, 0.3) is 10.2 Å². The largest absolute Gasteiger partial charge is 0.496 e. The summed E-state index contributed by atoms with van der Waals surface area (Å²) in [6.07, 6.45) is 4.30. The number of carbonyl (C=O) groups excluding carboxylic acids is 1. The number of nitrogens with zero attached hydrogens (tertiary/aromatic N) is 2. The van der Waals surface area contributed by atoms with Crippen molar-refractivity contribution >= 4 is 27.5 Å². The van der Waals surface area contributed by atoms with Gasteiger partial charge in [0.25, 0.3) is 5.56 Å². The molecule has 4 rings (SSSR count). The number of methoxy groups -OCH3 is 1. The first-order valence-corrected chi connectivity index (χ1v) is 11.2. The quantitative estimate of drug-likeness (QED) is 0.628. The van der Waals surface area contributed by atoms with Crippen LogP contribution in [0.2, 0.25) is 0 Å². The van der Waals surface area contributed by atoms with Crippen molar-refractivity contribution in [3.63, 3.8) is 0 Å². The number of ether oxygens (including phenoxy) is 1. The molecule has 6 nitrogen and oxygen atoms in total. The van der Waals surface area contributed by atoms with Crippen LogP contribution in [0.15, 0.2) is 29.1 Å². The fourth-order valence-electron chi connectivity index (χ4n) is 4.26. The molecular weight excluding hydrogens is 398 g/mol. The third-order valence-corrected chi connectivity index (χ3v) is 6.99. The topological polar surface area (TPSA) is 87.2 Å². The highest BCUT2D eigenvalue weighted by Crippen LogP contribution is 2.36. The fraction of sp³-hybridized carbons (Fsp3) is 0.435. The van der Waals surface area contributed by atoms with Crippen LogP contribution < -0.4 is 16.0 Å². The van der Waals surface area contributed by atoms with Gasteiger partial charge in [0.05, 0.1) is 12.5 Å². The molecule has 158 valence electrons. The second-order valence-corrected chi connectivity index (χ2v) is 9.16. The summed E-state index contributed by atoms with van der Waals surface area (Å²) < 4.78 is 7.23. The molecule has 0 spiro atoms. The van der Waals surface area contributed by atoms with E-state index < -0.39 is 0 Å². The molecule has 1 unspecified atom stereocenters. The molecule has 0 radical (unpaired) electrons. The number of carbonyl (C=O) groups is 1. The van der Waals surface area contributed by atoms with Crippen LogP contribution in [-0.4, -0.2) is 22.6 Å². The maximum absolute atomic E-state index is 13.6. The van der Waals surface area contributed by atoms with Gasteiger partial charge in [-0.1, -0.05) is 25.1 Å². The van der Waals surface area contributed by atoms with Gasteiger partial charge < -0.3 is 10.5 Å². The molecule has 2 heterocycles. The molecule has 2 N–H and O–H groups in total. The van der Waals surface area contributed by atoms with Crippen LogP contribution in [0, 0.1) is 5.92 Å². The Bertz CT molecular complexity index is 1150. The van der Waals surface area contributed by atoms with Crippen molar-refractivity contribution in [2.75, 3.05) is 7.11 Å². The standard InChI is InChI=1S/C23H27N3O3S/c1-14-9-10-16-18(12-14)30-22-21(16)23(28)26(11-5-8-19(24)27)20(25-22)13-15-6-3-4-7-17(15)29-2/h3-4,6-7,14H,5,8-13H2,1-2H3,(H2,24,27). The molecule has 0 saturated heterocycles. The molecule has 1 amide bonds. The van der Waals surface area contributed by atoms with Gasteiger partial charge in [-0.05, 0) is 43.2 Å². The zero-order chi connectivity index (χ0) is 21.3. The normalized spacial score (nSPS) is 15.9. The molecule has 1 atom stereocenters. The number of thiophene rings is 1. The number of fused-ring (bicyclic) bond motifs is 3. The number of amides is 1. The van der Waals surface area contributed by atoms with Crippen LogP contribution in [-0.2, 0) is 30.6 Å². The van der Waals surface area contributed by atoms with Crippen molar-refractivity contribution < 1.29 is 9.53 Å². The Labute approximate surface area is 179 Å². The van der Waals surface area contributed by atoms with E-state index in [1.807, 2.05) is 24.3 Å². The lowest BCUT2D eigenvalue weighted by Gasteiger charge is -2.18. The number of aryl methyl sites for hydroxylation is 1. The molecule has 0 fully saturated rings. The molecule has 1 aliphatic carbocycles. The first-order chi connectivity index (χ1) is 14.5. The smallest absolute Gasteiger partial charge is 0.262 e. The van der Waals surface area contributed by atoms with Crippen molar-refractivity contribution in [1.82, 2.24) is 9.55 Å². The lowest BCUT2D eigenvalue weighted by molar-refractivity contribution is -0.118. The minimum absolute atomic E-state index is 0.00132. The Kier molecular flexibility index (Phi) is 5.90. The second kappa shape index (κ2) is 8.60. The van der Waals surface area contributed by atoms with E-state index in [9.17, 15) is 9.59 Å². The average molecular weight is 426 g/mol. The minimum Gasteiger partial charge on any atom is -0.496 e. The first kappa shape index (κ1) is 20.6. The summed E-state index contributed by atoms with van der Waals surface area (Å²) in [5.74, 6) is 1.75. The van der Waals surface area contributed by atoms with Crippen molar-refractivity contribution in [2.24, 2.45) is 11.7 Å². The zero-order valence-electron chi connectivity index (χ0n) is 17.4. The highest BCUT2D eigenvalue weighted by molar-refractivity contribution is 7.18. The molecule has 1 aromatic carbocycles. The number of hydrogen-bond acceptors (Lipinski definition) is 5. The predicted molar refractivity (Wildman–Crippen MR) is 119 cm³/mol. The van der Waals surface area contributed by atoms with E-state index in [-0.39, 0.29) is 17.9 Å². The lowest BCUT2D eigenvalue weighted by Crippen LogP contribution is -2.27. The van der Waals surface area contributed by atoms with Gasteiger partial charge in [-0.25, -0.2) is 4.98 Å². The average Bonchev–Trinajstić information content (AvgIpc) is 3.07.